The topological polar surface area (TPSA) is 78.9 Å². The van der Waals surface area contributed by atoms with Crippen LogP contribution in [0.25, 0.3) is 0 Å². The van der Waals surface area contributed by atoms with Crippen LogP contribution in [0.4, 0.5) is 13.2 Å². The van der Waals surface area contributed by atoms with E-state index in [1.807, 2.05) is 6.07 Å². The molecule has 39 heavy (non-hydrogen) atoms. The van der Waals surface area contributed by atoms with Crippen LogP contribution >= 0.6 is 0 Å². The lowest BCUT2D eigenvalue weighted by atomic mass is 9.92. The van der Waals surface area contributed by atoms with Gasteiger partial charge in [0.15, 0.2) is 9.84 Å². The predicted molar refractivity (Wildman–Crippen MR) is 137 cm³/mol. The van der Waals surface area contributed by atoms with Gasteiger partial charge in [0.1, 0.15) is 17.6 Å². The Kier molecular flexibility index (Phi) is 7.09. The molecule has 6 nitrogen and oxygen atoms in total. The number of methoxy groups -OCH3 is 1. The number of fused-ring (bicyclic) bond motifs is 2. The third-order valence-electron chi connectivity index (χ3n) is 7.29. The molecule has 5 rings (SSSR count). The van der Waals surface area contributed by atoms with Crippen molar-refractivity contribution in [3.8, 4) is 11.5 Å². The number of ether oxygens (including phenoxy) is 3. The smallest absolute Gasteiger partial charge is 0.416 e. The number of alkyl halides is 3. The molecule has 10 heteroatoms. The lowest BCUT2D eigenvalue weighted by Gasteiger charge is -2.20. The highest BCUT2D eigenvalue weighted by atomic mass is 32.2. The van der Waals surface area contributed by atoms with Crippen molar-refractivity contribution in [2.75, 3.05) is 20.0 Å². The number of rotatable bonds is 7. The normalized spacial score (nSPS) is 18.3. The average molecular weight is 561 g/mol. The Hall–Kier alpha value is -3.53. The van der Waals surface area contributed by atoms with Crippen molar-refractivity contribution in [3.05, 3.63) is 88.0 Å². The molecule has 1 heterocycles. The van der Waals surface area contributed by atoms with Crippen LogP contribution in [0.1, 0.15) is 58.2 Å². The van der Waals surface area contributed by atoms with Crippen molar-refractivity contribution in [1.82, 2.24) is 0 Å². The van der Waals surface area contributed by atoms with E-state index >= 15 is 0 Å². The molecule has 0 aromatic heterocycles. The highest BCUT2D eigenvalue weighted by Crippen LogP contribution is 2.44. The van der Waals surface area contributed by atoms with Gasteiger partial charge in [-0.3, -0.25) is 4.79 Å². The molecule has 3 aromatic carbocycles. The molecule has 0 spiro atoms. The monoisotopic (exact) mass is 560 g/mol. The van der Waals surface area contributed by atoms with Crippen molar-refractivity contribution >= 4 is 15.8 Å². The first kappa shape index (κ1) is 27.1. The average Bonchev–Trinajstić information content (AvgIpc) is 3.47. The second-order valence-electron chi connectivity index (χ2n) is 9.88. The fourth-order valence-corrected chi connectivity index (χ4v) is 5.97. The van der Waals surface area contributed by atoms with Crippen LogP contribution in [0.2, 0.25) is 0 Å². The highest BCUT2D eigenvalue weighted by molar-refractivity contribution is 7.90. The van der Waals surface area contributed by atoms with E-state index in [-0.39, 0.29) is 35.2 Å². The highest BCUT2D eigenvalue weighted by Gasteiger charge is 2.37. The molecule has 0 fully saturated rings. The van der Waals surface area contributed by atoms with Crippen LogP contribution in [0.3, 0.4) is 0 Å². The summed E-state index contributed by atoms with van der Waals surface area (Å²) in [4.78, 5) is 11.8. The first-order valence-electron chi connectivity index (χ1n) is 12.4. The van der Waals surface area contributed by atoms with Crippen LogP contribution in [0, 0.1) is 0 Å². The zero-order chi connectivity index (χ0) is 27.9. The molecule has 0 saturated heterocycles. The number of carbonyl (C=O) groups excluding carboxylic acids is 1. The summed E-state index contributed by atoms with van der Waals surface area (Å²) in [5, 5.41) is 0. The second-order valence-corrected chi connectivity index (χ2v) is 11.9. The minimum absolute atomic E-state index is 0.0169. The molecular formula is C29H27F3O6S. The minimum Gasteiger partial charge on any atom is -0.492 e. The summed E-state index contributed by atoms with van der Waals surface area (Å²) in [6.07, 6.45) is -2.72. The third-order valence-corrected chi connectivity index (χ3v) is 8.42. The number of carbonyl (C=O) groups is 1. The van der Waals surface area contributed by atoms with Crippen molar-refractivity contribution in [1.29, 1.82) is 0 Å². The standard InChI is InChI=1S/C29H27F3O6S/c1-36-28(33)14-18-16-37-27-15-19(5-8-21(18)27)38-26-12-10-22-23(26)9-11-25(29(30,31)32)24(22)13-17-3-6-20(7-4-17)39(2,34)35/h3-9,11,15,18,26H,10,12-14,16H2,1-2H3/t18?,26-/m1/s1. The number of benzene rings is 3. The summed E-state index contributed by atoms with van der Waals surface area (Å²) in [6.45, 7) is 0.356. The Morgan fingerprint density at radius 3 is 2.44 bits per heavy atom. The minimum atomic E-state index is -4.53. The maximum Gasteiger partial charge on any atom is 0.416 e. The fraction of sp³-hybridized carbons (Fsp3) is 0.345. The van der Waals surface area contributed by atoms with Gasteiger partial charge in [-0.05, 0) is 65.8 Å². The summed E-state index contributed by atoms with van der Waals surface area (Å²) in [5.74, 6) is 0.719. The zero-order valence-corrected chi connectivity index (χ0v) is 22.2. The summed E-state index contributed by atoms with van der Waals surface area (Å²) in [6, 6.07) is 13.9. The predicted octanol–water partition coefficient (Wildman–Crippen LogP) is 5.81. The van der Waals surface area contributed by atoms with Crippen LogP contribution in [0.15, 0.2) is 59.5 Å². The van der Waals surface area contributed by atoms with E-state index in [0.717, 1.165) is 17.9 Å². The van der Waals surface area contributed by atoms with Gasteiger partial charge in [-0.1, -0.05) is 24.3 Å². The van der Waals surface area contributed by atoms with E-state index in [1.54, 1.807) is 24.3 Å². The number of esters is 1. The van der Waals surface area contributed by atoms with Crippen molar-refractivity contribution in [2.45, 2.75) is 48.8 Å². The van der Waals surface area contributed by atoms with Gasteiger partial charge in [-0.25, -0.2) is 8.42 Å². The van der Waals surface area contributed by atoms with E-state index in [9.17, 15) is 26.4 Å². The van der Waals surface area contributed by atoms with Gasteiger partial charge in [0, 0.05) is 23.8 Å². The van der Waals surface area contributed by atoms with Gasteiger partial charge in [0.2, 0.25) is 0 Å². The molecule has 3 aromatic rings. The Bertz CT molecular complexity index is 1510. The molecule has 0 bridgehead atoms. The summed E-state index contributed by atoms with van der Waals surface area (Å²) in [7, 11) is -2.07. The number of hydrogen-bond donors (Lipinski definition) is 0. The lowest BCUT2D eigenvalue weighted by molar-refractivity contribution is -0.141. The molecule has 0 radical (unpaired) electrons. The maximum atomic E-state index is 14.0. The van der Waals surface area contributed by atoms with Crippen molar-refractivity contribution < 1.29 is 40.6 Å². The molecule has 0 N–H and O–H groups in total. The largest absolute Gasteiger partial charge is 0.492 e. The Labute approximate surface area is 224 Å². The summed E-state index contributed by atoms with van der Waals surface area (Å²) in [5.41, 5.74) is 2.27. The number of hydrogen-bond acceptors (Lipinski definition) is 6. The van der Waals surface area contributed by atoms with Gasteiger partial charge in [0.05, 0.1) is 30.6 Å². The van der Waals surface area contributed by atoms with E-state index in [4.69, 9.17) is 14.2 Å². The quantitative estimate of drug-likeness (QED) is 0.340. The van der Waals surface area contributed by atoms with Gasteiger partial charge in [0.25, 0.3) is 0 Å². The number of sulfone groups is 1. The molecule has 1 aliphatic heterocycles. The van der Waals surface area contributed by atoms with Gasteiger partial charge < -0.3 is 14.2 Å². The SMILES string of the molecule is COC(=O)CC1COc2cc(O[C@@H]3CCc4c3ccc(C(F)(F)F)c4Cc3ccc(S(C)(=O)=O)cc3)ccc21. The first-order chi connectivity index (χ1) is 18.4. The molecule has 2 aliphatic rings. The van der Waals surface area contributed by atoms with E-state index < -0.39 is 27.7 Å². The molecule has 1 aliphatic carbocycles. The fourth-order valence-electron chi connectivity index (χ4n) is 5.34. The summed E-state index contributed by atoms with van der Waals surface area (Å²) < 4.78 is 82.2. The van der Waals surface area contributed by atoms with Gasteiger partial charge in [-0.2, -0.15) is 13.2 Å². The van der Waals surface area contributed by atoms with Crippen molar-refractivity contribution in [3.63, 3.8) is 0 Å². The molecule has 0 saturated carbocycles. The Morgan fingerprint density at radius 2 is 1.77 bits per heavy atom. The second kappa shape index (κ2) is 10.2. The van der Waals surface area contributed by atoms with E-state index in [0.29, 0.717) is 47.6 Å². The maximum absolute atomic E-state index is 14.0. The Balaban J connectivity index is 1.41. The first-order valence-corrected chi connectivity index (χ1v) is 14.3. The van der Waals surface area contributed by atoms with Crippen LogP contribution in [-0.2, 0) is 38.4 Å². The lowest BCUT2D eigenvalue weighted by Crippen LogP contribution is -2.13. The van der Waals surface area contributed by atoms with Crippen LogP contribution in [-0.4, -0.2) is 34.4 Å². The third kappa shape index (κ3) is 5.61. The molecule has 0 amide bonds. The van der Waals surface area contributed by atoms with E-state index in [2.05, 4.69) is 0 Å². The van der Waals surface area contributed by atoms with Crippen LogP contribution < -0.4 is 9.47 Å². The molecule has 1 unspecified atom stereocenters. The van der Waals surface area contributed by atoms with E-state index in [1.165, 1.54) is 25.3 Å². The van der Waals surface area contributed by atoms with Gasteiger partial charge >= 0.3 is 12.1 Å². The number of halogens is 3. The zero-order valence-electron chi connectivity index (χ0n) is 21.4. The molecular weight excluding hydrogens is 533 g/mol. The van der Waals surface area contributed by atoms with Crippen molar-refractivity contribution in [2.24, 2.45) is 0 Å². The van der Waals surface area contributed by atoms with Gasteiger partial charge in [-0.15, -0.1) is 0 Å². The van der Waals surface area contributed by atoms with Crippen LogP contribution in [0.5, 0.6) is 11.5 Å². The summed E-state index contributed by atoms with van der Waals surface area (Å²) >= 11 is 0. The molecule has 206 valence electrons. The molecule has 2 atom stereocenters. The Morgan fingerprint density at radius 1 is 1.05 bits per heavy atom.